The molecule has 0 bridgehead atoms. The maximum Gasteiger partial charge on any atom is 0.198 e. The minimum Gasteiger partial charge on any atom is -0.494 e. The Morgan fingerprint density at radius 2 is 2.00 bits per heavy atom. The van der Waals surface area contributed by atoms with Crippen LogP contribution in [0.25, 0.3) is 10.9 Å². The Balaban J connectivity index is 2.00. The zero-order chi connectivity index (χ0) is 13.9. The maximum atomic E-state index is 9.97. The molecule has 0 aliphatic carbocycles. The monoisotopic (exact) mass is 264 g/mol. The summed E-state index contributed by atoms with van der Waals surface area (Å²) in [5.74, 6) is 0.154. The van der Waals surface area contributed by atoms with Gasteiger partial charge < -0.3 is 10.1 Å². The summed E-state index contributed by atoms with van der Waals surface area (Å²) < 4.78 is 0. The second kappa shape index (κ2) is 5.21. The molecule has 2 aromatic carbocycles. The highest BCUT2D eigenvalue weighted by Gasteiger charge is 2.07. The number of fused-ring (bicyclic) bond motifs is 1. The largest absolute Gasteiger partial charge is 0.494 e. The molecule has 1 aromatic heterocycles. The van der Waals surface area contributed by atoms with Crippen LogP contribution in [0.3, 0.4) is 0 Å². The highest BCUT2D eigenvalue weighted by Crippen LogP contribution is 2.26. The molecule has 2 N–H and O–H groups in total. The van der Waals surface area contributed by atoms with Crippen molar-refractivity contribution in [1.82, 2.24) is 4.98 Å². The SMILES string of the molecule is CCc1cccc(N=Cc2c(O)[nH]c3ccccc23)c1. The summed E-state index contributed by atoms with van der Waals surface area (Å²) in [6, 6.07) is 15.9. The quantitative estimate of drug-likeness (QED) is 0.685. The van der Waals surface area contributed by atoms with Gasteiger partial charge in [-0.2, -0.15) is 0 Å². The fourth-order valence-electron chi connectivity index (χ4n) is 2.28. The fourth-order valence-corrected chi connectivity index (χ4v) is 2.28. The maximum absolute atomic E-state index is 9.97. The van der Waals surface area contributed by atoms with Gasteiger partial charge in [0.1, 0.15) is 0 Å². The number of benzene rings is 2. The lowest BCUT2D eigenvalue weighted by atomic mass is 10.1. The minimum absolute atomic E-state index is 0.154. The Hall–Kier alpha value is -2.55. The third-order valence-electron chi connectivity index (χ3n) is 3.39. The number of aryl methyl sites for hydroxylation is 1. The van der Waals surface area contributed by atoms with Crippen LogP contribution in [-0.2, 0) is 6.42 Å². The first kappa shape index (κ1) is 12.5. The number of H-pyrrole nitrogens is 1. The lowest BCUT2D eigenvalue weighted by molar-refractivity contribution is 0.457. The van der Waals surface area contributed by atoms with Crippen molar-refractivity contribution in [3.8, 4) is 5.88 Å². The molecule has 3 rings (SSSR count). The Bertz CT molecular complexity index is 772. The molecule has 3 nitrogen and oxygen atoms in total. The number of rotatable bonds is 3. The number of aliphatic imine (C=N–C) groups is 1. The number of aromatic hydroxyl groups is 1. The molecular formula is C17H16N2O. The summed E-state index contributed by atoms with van der Waals surface area (Å²) in [6.07, 6.45) is 2.70. The van der Waals surface area contributed by atoms with Gasteiger partial charge in [-0.05, 0) is 30.2 Å². The molecule has 0 spiro atoms. The van der Waals surface area contributed by atoms with E-state index in [1.54, 1.807) is 6.21 Å². The van der Waals surface area contributed by atoms with E-state index in [9.17, 15) is 5.11 Å². The molecule has 0 unspecified atom stereocenters. The van der Waals surface area contributed by atoms with Crippen molar-refractivity contribution in [1.29, 1.82) is 0 Å². The Labute approximate surface area is 117 Å². The van der Waals surface area contributed by atoms with E-state index in [1.165, 1.54) is 5.56 Å². The van der Waals surface area contributed by atoms with Gasteiger partial charge in [-0.1, -0.05) is 37.3 Å². The predicted molar refractivity (Wildman–Crippen MR) is 83.0 cm³/mol. The van der Waals surface area contributed by atoms with Gasteiger partial charge in [0.2, 0.25) is 0 Å². The minimum atomic E-state index is 0.154. The van der Waals surface area contributed by atoms with Gasteiger partial charge in [0.25, 0.3) is 0 Å². The highest BCUT2D eigenvalue weighted by molar-refractivity contribution is 6.02. The number of nitrogens with one attached hydrogen (secondary N) is 1. The number of aromatic amines is 1. The molecule has 0 saturated heterocycles. The Kier molecular flexibility index (Phi) is 3.25. The fraction of sp³-hybridized carbons (Fsp3) is 0.118. The molecule has 0 aliphatic heterocycles. The third-order valence-corrected chi connectivity index (χ3v) is 3.39. The van der Waals surface area contributed by atoms with E-state index in [-0.39, 0.29) is 5.88 Å². The first-order chi connectivity index (χ1) is 9.78. The second-order valence-corrected chi connectivity index (χ2v) is 4.71. The van der Waals surface area contributed by atoms with Crippen molar-refractivity contribution in [2.24, 2.45) is 4.99 Å². The van der Waals surface area contributed by atoms with E-state index in [0.29, 0.717) is 0 Å². The molecular weight excluding hydrogens is 248 g/mol. The number of aromatic nitrogens is 1. The van der Waals surface area contributed by atoms with Crippen LogP contribution in [0.5, 0.6) is 5.88 Å². The van der Waals surface area contributed by atoms with Crippen molar-refractivity contribution in [3.05, 3.63) is 59.7 Å². The van der Waals surface area contributed by atoms with Crippen LogP contribution >= 0.6 is 0 Å². The molecule has 0 aliphatic rings. The van der Waals surface area contributed by atoms with Crippen LogP contribution in [0.4, 0.5) is 5.69 Å². The van der Waals surface area contributed by atoms with Crippen LogP contribution in [0.15, 0.2) is 53.5 Å². The molecule has 0 amide bonds. The van der Waals surface area contributed by atoms with E-state index in [4.69, 9.17) is 0 Å². The average Bonchev–Trinajstić information content (AvgIpc) is 2.81. The van der Waals surface area contributed by atoms with Gasteiger partial charge >= 0.3 is 0 Å². The van der Waals surface area contributed by atoms with Crippen molar-refractivity contribution in [2.45, 2.75) is 13.3 Å². The smallest absolute Gasteiger partial charge is 0.198 e. The molecule has 0 atom stereocenters. The van der Waals surface area contributed by atoms with Gasteiger partial charge in [0, 0.05) is 17.1 Å². The van der Waals surface area contributed by atoms with Gasteiger partial charge in [-0.15, -0.1) is 0 Å². The average molecular weight is 264 g/mol. The van der Waals surface area contributed by atoms with Crippen LogP contribution in [-0.4, -0.2) is 16.3 Å². The predicted octanol–water partition coefficient (Wildman–Crippen LogP) is 4.19. The van der Waals surface area contributed by atoms with Crippen LogP contribution in [0, 0.1) is 0 Å². The summed E-state index contributed by atoms with van der Waals surface area (Å²) in [6.45, 7) is 2.12. The molecule has 20 heavy (non-hydrogen) atoms. The van der Waals surface area contributed by atoms with Crippen molar-refractivity contribution in [3.63, 3.8) is 0 Å². The van der Waals surface area contributed by atoms with Crippen LogP contribution in [0.1, 0.15) is 18.1 Å². The molecule has 1 heterocycles. The van der Waals surface area contributed by atoms with E-state index < -0.39 is 0 Å². The van der Waals surface area contributed by atoms with Gasteiger partial charge in [-0.3, -0.25) is 4.99 Å². The van der Waals surface area contributed by atoms with E-state index in [0.717, 1.165) is 28.6 Å². The number of hydrogen-bond acceptors (Lipinski definition) is 2. The molecule has 3 heteroatoms. The second-order valence-electron chi connectivity index (χ2n) is 4.71. The summed E-state index contributed by atoms with van der Waals surface area (Å²) in [7, 11) is 0. The molecule has 100 valence electrons. The van der Waals surface area contributed by atoms with Crippen molar-refractivity contribution < 1.29 is 5.11 Å². The third kappa shape index (κ3) is 2.30. The number of hydrogen-bond donors (Lipinski definition) is 2. The topological polar surface area (TPSA) is 48.4 Å². The Morgan fingerprint density at radius 3 is 2.85 bits per heavy atom. The zero-order valence-corrected chi connectivity index (χ0v) is 11.3. The number of para-hydroxylation sites is 1. The van der Waals surface area contributed by atoms with Crippen LogP contribution in [0.2, 0.25) is 0 Å². The van der Waals surface area contributed by atoms with Crippen molar-refractivity contribution in [2.75, 3.05) is 0 Å². The summed E-state index contributed by atoms with van der Waals surface area (Å²) >= 11 is 0. The zero-order valence-electron chi connectivity index (χ0n) is 11.3. The summed E-state index contributed by atoms with van der Waals surface area (Å²) in [5, 5.41) is 10.9. The van der Waals surface area contributed by atoms with Gasteiger partial charge in [0.05, 0.1) is 11.3 Å². The summed E-state index contributed by atoms with van der Waals surface area (Å²) in [4.78, 5) is 7.41. The van der Waals surface area contributed by atoms with E-state index in [1.807, 2.05) is 36.4 Å². The lowest BCUT2D eigenvalue weighted by Gasteiger charge is -1.98. The first-order valence-corrected chi connectivity index (χ1v) is 6.70. The highest BCUT2D eigenvalue weighted by atomic mass is 16.3. The molecule has 3 aromatic rings. The van der Waals surface area contributed by atoms with Crippen molar-refractivity contribution >= 4 is 22.8 Å². The first-order valence-electron chi connectivity index (χ1n) is 6.70. The molecule has 0 fully saturated rings. The number of nitrogens with zero attached hydrogens (tertiary/aromatic N) is 1. The van der Waals surface area contributed by atoms with Gasteiger partial charge in [-0.25, -0.2) is 0 Å². The summed E-state index contributed by atoms with van der Waals surface area (Å²) in [5.41, 5.74) is 3.79. The molecule has 0 saturated carbocycles. The normalized spacial score (nSPS) is 11.4. The van der Waals surface area contributed by atoms with Gasteiger partial charge in [0.15, 0.2) is 5.88 Å². The Morgan fingerprint density at radius 1 is 1.15 bits per heavy atom. The molecule has 0 radical (unpaired) electrons. The van der Waals surface area contributed by atoms with Crippen LogP contribution < -0.4 is 0 Å². The van der Waals surface area contributed by atoms with E-state index >= 15 is 0 Å². The lowest BCUT2D eigenvalue weighted by Crippen LogP contribution is -1.80. The standard InChI is InChI=1S/C17H16N2O/c1-2-12-6-5-7-13(10-12)18-11-15-14-8-3-4-9-16(14)19-17(15)20/h3-11,19-20H,2H2,1H3. The van der Waals surface area contributed by atoms with E-state index in [2.05, 4.69) is 29.0 Å².